The van der Waals surface area contributed by atoms with E-state index in [0.29, 0.717) is 29.5 Å². The number of para-hydroxylation sites is 1. The lowest BCUT2D eigenvalue weighted by atomic mass is 10.2. The minimum Gasteiger partial charge on any atom is -0.495 e. The molecule has 6 heteroatoms. The molecule has 1 aliphatic heterocycles. The number of ether oxygens (including phenoxy) is 2. The van der Waals surface area contributed by atoms with E-state index in [9.17, 15) is 4.79 Å². The number of nitrogens with one attached hydrogen (secondary N) is 1. The fraction of sp³-hybridized carbons (Fsp3) is 0.316. The van der Waals surface area contributed by atoms with E-state index in [1.165, 1.54) is 5.56 Å². The third kappa shape index (κ3) is 3.66. The molecule has 0 aromatic heterocycles. The molecule has 0 fully saturated rings. The quantitative estimate of drug-likeness (QED) is 0.852. The van der Waals surface area contributed by atoms with Crippen molar-refractivity contribution in [2.24, 2.45) is 0 Å². The number of halogens is 1. The van der Waals surface area contributed by atoms with Gasteiger partial charge < -0.3 is 19.7 Å². The Bertz CT molecular complexity index is 779. The lowest BCUT2D eigenvalue weighted by Crippen LogP contribution is -2.30. The fourth-order valence-corrected chi connectivity index (χ4v) is 3.27. The van der Waals surface area contributed by atoms with Gasteiger partial charge >= 0.3 is 0 Å². The average Bonchev–Trinajstić information content (AvgIpc) is 3.06. The molecule has 0 saturated carbocycles. The summed E-state index contributed by atoms with van der Waals surface area (Å²) in [7, 11) is 3.14. The predicted octanol–water partition coefficient (Wildman–Crippen LogP) is 3.75. The van der Waals surface area contributed by atoms with Crippen LogP contribution in [-0.4, -0.2) is 33.2 Å². The Kier molecular flexibility index (Phi) is 5.34. The Balaban J connectivity index is 1.63. The molecule has 25 heavy (non-hydrogen) atoms. The molecule has 0 bridgehead atoms. The van der Waals surface area contributed by atoms with E-state index >= 15 is 0 Å². The highest BCUT2D eigenvalue weighted by molar-refractivity contribution is 6.32. The van der Waals surface area contributed by atoms with E-state index in [0.717, 1.165) is 24.3 Å². The monoisotopic (exact) mass is 360 g/mol. The molecule has 0 radical (unpaired) electrons. The Morgan fingerprint density at radius 3 is 2.72 bits per heavy atom. The number of nitrogens with zero attached hydrogens (tertiary/aromatic N) is 1. The van der Waals surface area contributed by atoms with Gasteiger partial charge in [-0.1, -0.05) is 29.8 Å². The molecule has 2 aromatic carbocycles. The molecule has 0 atom stereocenters. The van der Waals surface area contributed by atoms with Crippen molar-refractivity contribution in [3.05, 3.63) is 47.0 Å². The molecule has 132 valence electrons. The SMILES string of the molecule is COc1cc(NCCC(=O)N2CCc3ccccc32)c(OC)cc1Cl. The number of carbonyl (C=O) groups excluding carboxylic acids is 1. The Hall–Kier alpha value is -2.40. The van der Waals surface area contributed by atoms with Gasteiger partial charge in [0.25, 0.3) is 0 Å². The molecule has 2 aromatic rings. The van der Waals surface area contributed by atoms with E-state index < -0.39 is 0 Å². The molecule has 1 heterocycles. The van der Waals surface area contributed by atoms with Crippen LogP contribution in [0.15, 0.2) is 36.4 Å². The molecule has 0 spiro atoms. The largest absolute Gasteiger partial charge is 0.495 e. The minimum absolute atomic E-state index is 0.109. The maximum atomic E-state index is 12.5. The molecular weight excluding hydrogens is 340 g/mol. The molecule has 1 amide bonds. The second-order valence-corrected chi connectivity index (χ2v) is 6.20. The van der Waals surface area contributed by atoms with Gasteiger partial charge in [-0.05, 0) is 18.1 Å². The normalized spacial score (nSPS) is 12.7. The second kappa shape index (κ2) is 7.66. The van der Waals surface area contributed by atoms with Gasteiger partial charge in [0.2, 0.25) is 5.91 Å². The molecule has 0 aliphatic carbocycles. The van der Waals surface area contributed by atoms with Crippen molar-refractivity contribution in [1.82, 2.24) is 0 Å². The average molecular weight is 361 g/mol. The van der Waals surface area contributed by atoms with Crippen LogP contribution < -0.4 is 19.7 Å². The van der Waals surface area contributed by atoms with E-state index in [1.54, 1.807) is 26.4 Å². The summed E-state index contributed by atoms with van der Waals surface area (Å²) in [6.07, 6.45) is 1.31. The van der Waals surface area contributed by atoms with Crippen molar-refractivity contribution < 1.29 is 14.3 Å². The standard InChI is InChI=1S/C19H21ClN2O3/c1-24-17-12-15(18(25-2)11-14(17)20)21-9-7-19(23)22-10-8-13-5-3-4-6-16(13)22/h3-6,11-12,21H,7-10H2,1-2H3. The van der Waals surface area contributed by atoms with Gasteiger partial charge in [-0.3, -0.25) is 4.79 Å². The molecule has 5 nitrogen and oxygen atoms in total. The van der Waals surface area contributed by atoms with E-state index in [4.69, 9.17) is 21.1 Å². The number of amides is 1. The Labute approximate surface area is 152 Å². The summed E-state index contributed by atoms with van der Waals surface area (Å²) in [5.41, 5.74) is 3.00. The number of methoxy groups -OCH3 is 2. The summed E-state index contributed by atoms with van der Waals surface area (Å²) in [6, 6.07) is 11.5. The minimum atomic E-state index is 0.109. The molecule has 0 unspecified atom stereocenters. The first-order valence-corrected chi connectivity index (χ1v) is 8.55. The molecule has 1 N–H and O–H groups in total. The van der Waals surface area contributed by atoms with Gasteiger partial charge in [-0.2, -0.15) is 0 Å². The molecule has 0 saturated heterocycles. The number of hydrogen-bond acceptors (Lipinski definition) is 4. The summed E-state index contributed by atoms with van der Waals surface area (Å²) < 4.78 is 10.6. The number of carbonyl (C=O) groups is 1. The van der Waals surface area contributed by atoms with E-state index in [1.807, 2.05) is 23.1 Å². The van der Waals surface area contributed by atoms with Crippen LogP contribution in [0.3, 0.4) is 0 Å². The van der Waals surface area contributed by atoms with Crippen LogP contribution >= 0.6 is 11.6 Å². The van der Waals surface area contributed by atoms with Crippen molar-refractivity contribution >= 4 is 28.9 Å². The van der Waals surface area contributed by atoms with Gasteiger partial charge in [0.15, 0.2) is 0 Å². The van der Waals surface area contributed by atoms with Gasteiger partial charge in [0.05, 0.1) is 24.9 Å². The van der Waals surface area contributed by atoms with Crippen LogP contribution in [0.2, 0.25) is 5.02 Å². The zero-order valence-corrected chi connectivity index (χ0v) is 15.1. The first-order chi connectivity index (χ1) is 12.1. The zero-order chi connectivity index (χ0) is 17.8. The lowest BCUT2D eigenvalue weighted by Gasteiger charge is -2.18. The van der Waals surface area contributed by atoms with Crippen LogP contribution in [0.1, 0.15) is 12.0 Å². The highest BCUT2D eigenvalue weighted by atomic mass is 35.5. The van der Waals surface area contributed by atoms with Crippen molar-refractivity contribution in [1.29, 1.82) is 0 Å². The molecular formula is C19H21ClN2O3. The first-order valence-electron chi connectivity index (χ1n) is 8.17. The van der Waals surface area contributed by atoms with Crippen molar-refractivity contribution in [3.63, 3.8) is 0 Å². The third-order valence-electron chi connectivity index (χ3n) is 4.32. The highest BCUT2D eigenvalue weighted by Gasteiger charge is 2.23. The Morgan fingerprint density at radius 1 is 1.20 bits per heavy atom. The number of rotatable bonds is 6. The van der Waals surface area contributed by atoms with Crippen molar-refractivity contribution in [2.75, 3.05) is 37.5 Å². The van der Waals surface area contributed by atoms with Crippen molar-refractivity contribution in [2.45, 2.75) is 12.8 Å². The van der Waals surface area contributed by atoms with Crippen LogP contribution in [0.5, 0.6) is 11.5 Å². The first kappa shape index (κ1) is 17.4. The van der Waals surface area contributed by atoms with Crippen LogP contribution in [0.4, 0.5) is 11.4 Å². The third-order valence-corrected chi connectivity index (χ3v) is 4.61. The van der Waals surface area contributed by atoms with Crippen LogP contribution in [0, 0.1) is 0 Å². The van der Waals surface area contributed by atoms with Gasteiger partial charge in [0, 0.05) is 37.3 Å². The fourth-order valence-electron chi connectivity index (χ4n) is 3.03. The Morgan fingerprint density at radius 2 is 1.96 bits per heavy atom. The summed E-state index contributed by atoms with van der Waals surface area (Å²) in [5, 5.41) is 3.71. The number of anilines is 2. The smallest absolute Gasteiger partial charge is 0.228 e. The van der Waals surface area contributed by atoms with E-state index in [2.05, 4.69) is 11.4 Å². The zero-order valence-electron chi connectivity index (χ0n) is 14.3. The topological polar surface area (TPSA) is 50.8 Å². The van der Waals surface area contributed by atoms with Gasteiger partial charge in [0.1, 0.15) is 11.5 Å². The summed E-state index contributed by atoms with van der Waals surface area (Å²) in [5.74, 6) is 1.28. The number of hydrogen-bond donors (Lipinski definition) is 1. The van der Waals surface area contributed by atoms with Crippen LogP contribution in [0.25, 0.3) is 0 Å². The van der Waals surface area contributed by atoms with Gasteiger partial charge in [-0.25, -0.2) is 0 Å². The maximum Gasteiger partial charge on any atom is 0.228 e. The van der Waals surface area contributed by atoms with Crippen LogP contribution in [-0.2, 0) is 11.2 Å². The number of benzene rings is 2. The molecule has 3 rings (SSSR count). The predicted molar refractivity (Wildman–Crippen MR) is 100 cm³/mol. The number of fused-ring (bicyclic) bond motifs is 1. The summed E-state index contributed by atoms with van der Waals surface area (Å²) in [4.78, 5) is 14.4. The van der Waals surface area contributed by atoms with Gasteiger partial charge in [-0.15, -0.1) is 0 Å². The second-order valence-electron chi connectivity index (χ2n) is 5.79. The lowest BCUT2D eigenvalue weighted by molar-refractivity contribution is -0.118. The highest BCUT2D eigenvalue weighted by Crippen LogP contribution is 2.36. The molecule has 1 aliphatic rings. The van der Waals surface area contributed by atoms with Crippen molar-refractivity contribution in [3.8, 4) is 11.5 Å². The summed E-state index contributed by atoms with van der Waals surface area (Å²) >= 11 is 6.11. The maximum absolute atomic E-state index is 12.5. The summed E-state index contributed by atoms with van der Waals surface area (Å²) in [6.45, 7) is 1.24. The van der Waals surface area contributed by atoms with E-state index in [-0.39, 0.29) is 5.91 Å².